The van der Waals surface area contributed by atoms with Gasteiger partial charge in [-0.25, -0.2) is 0 Å². The van der Waals surface area contributed by atoms with Gasteiger partial charge in [-0.3, -0.25) is 4.79 Å². The SMILES string of the molecule is Cc1cc(O[C@H](C)C(=O)NCCCc2ccc(OC(C)C)cc2)ccc1Cl. The summed E-state index contributed by atoms with van der Waals surface area (Å²) in [5.74, 6) is 1.40. The fourth-order valence-corrected chi connectivity index (χ4v) is 2.72. The molecule has 2 aromatic carbocycles. The molecule has 0 radical (unpaired) electrons. The minimum Gasteiger partial charge on any atom is -0.491 e. The van der Waals surface area contributed by atoms with Gasteiger partial charge in [-0.2, -0.15) is 0 Å². The molecular formula is C22H28ClNO3. The lowest BCUT2D eigenvalue weighted by molar-refractivity contribution is -0.127. The van der Waals surface area contributed by atoms with Crippen LogP contribution in [0.15, 0.2) is 42.5 Å². The molecule has 1 N–H and O–H groups in total. The Balaban J connectivity index is 1.71. The molecule has 0 aromatic heterocycles. The molecule has 0 fully saturated rings. The fraction of sp³-hybridized carbons (Fsp3) is 0.409. The summed E-state index contributed by atoms with van der Waals surface area (Å²) in [5, 5.41) is 3.61. The number of hydrogen-bond donors (Lipinski definition) is 1. The van der Waals surface area contributed by atoms with Gasteiger partial charge < -0.3 is 14.8 Å². The van der Waals surface area contributed by atoms with Crippen LogP contribution < -0.4 is 14.8 Å². The van der Waals surface area contributed by atoms with Crippen molar-refractivity contribution in [3.05, 3.63) is 58.6 Å². The van der Waals surface area contributed by atoms with E-state index in [9.17, 15) is 4.79 Å². The van der Waals surface area contributed by atoms with E-state index < -0.39 is 6.10 Å². The minimum absolute atomic E-state index is 0.122. The number of rotatable bonds is 9. The molecule has 0 unspecified atom stereocenters. The zero-order valence-electron chi connectivity index (χ0n) is 16.4. The third-order valence-corrected chi connectivity index (χ3v) is 4.47. The normalized spacial score (nSPS) is 11.9. The number of benzene rings is 2. The minimum atomic E-state index is -0.557. The third kappa shape index (κ3) is 7.14. The monoisotopic (exact) mass is 389 g/mol. The van der Waals surface area contributed by atoms with Crippen molar-refractivity contribution in [2.24, 2.45) is 0 Å². The van der Waals surface area contributed by atoms with Crippen molar-refractivity contribution in [3.63, 3.8) is 0 Å². The van der Waals surface area contributed by atoms with Crippen LogP contribution in [0.4, 0.5) is 0 Å². The van der Waals surface area contributed by atoms with Crippen molar-refractivity contribution < 1.29 is 14.3 Å². The lowest BCUT2D eigenvalue weighted by atomic mass is 10.1. The van der Waals surface area contributed by atoms with Crippen LogP contribution in [0.3, 0.4) is 0 Å². The van der Waals surface area contributed by atoms with E-state index in [1.165, 1.54) is 5.56 Å². The van der Waals surface area contributed by atoms with Crippen molar-refractivity contribution >= 4 is 17.5 Å². The predicted molar refractivity (Wildman–Crippen MR) is 110 cm³/mol. The average molecular weight is 390 g/mol. The Morgan fingerprint density at radius 2 is 1.70 bits per heavy atom. The number of carbonyl (C=O) groups is 1. The van der Waals surface area contributed by atoms with E-state index in [4.69, 9.17) is 21.1 Å². The summed E-state index contributed by atoms with van der Waals surface area (Å²) < 4.78 is 11.3. The molecule has 4 nitrogen and oxygen atoms in total. The molecule has 0 saturated carbocycles. The number of amides is 1. The van der Waals surface area contributed by atoms with Crippen LogP contribution in [-0.4, -0.2) is 24.7 Å². The molecule has 1 atom stereocenters. The van der Waals surface area contributed by atoms with E-state index in [1.54, 1.807) is 19.1 Å². The molecule has 0 spiro atoms. The van der Waals surface area contributed by atoms with Crippen LogP contribution in [0, 0.1) is 6.92 Å². The van der Waals surface area contributed by atoms with Gasteiger partial charge in [0.05, 0.1) is 6.10 Å². The van der Waals surface area contributed by atoms with Crippen molar-refractivity contribution in [2.45, 2.75) is 52.7 Å². The van der Waals surface area contributed by atoms with Gasteiger partial charge in [-0.15, -0.1) is 0 Å². The molecule has 0 aliphatic rings. The Morgan fingerprint density at radius 1 is 1.04 bits per heavy atom. The Morgan fingerprint density at radius 3 is 2.33 bits per heavy atom. The molecule has 5 heteroatoms. The summed E-state index contributed by atoms with van der Waals surface area (Å²) >= 11 is 6.00. The number of aryl methyl sites for hydroxylation is 2. The summed E-state index contributed by atoms with van der Waals surface area (Å²) in [4.78, 5) is 12.2. The van der Waals surface area contributed by atoms with Gasteiger partial charge in [-0.1, -0.05) is 23.7 Å². The Labute approximate surface area is 166 Å². The first-order valence-electron chi connectivity index (χ1n) is 9.31. The smallest absolute Gasteiger partial charge is 0.260 e. The fourth-order valence-electron chi connectivity index (χ4n) is 2.60. The summed E-state index contributed by atoms with van der Waals surface area (Å²) in [6, 6.07) is 13.5. The number of carbonyl (C=O) groups excluding carboxylic acids is 1. The van der Waals surface area contributed by atoms with Gasteiger partial charge in [0.2, 0.25) is 0 Å². The van der Waals surface area contributed by atoms with Gasteiger partial charge in [0.25, 0.3) is 5.91 Å². The molecule has 0 bridgehead atoms. The van der Waals surface area contributed by atoms with E-state index in [-0.39, 0.29) is 12.0 Å². The first-order valence-corrected chi connectivity index (χ1v) is 9.69. The quantitative estimate of drug-likeness (QED) is 0.617. The summed E-state index contributed by atoms with van der Waals surface area (Å²) in [7, 11) is 0. The second-order valence-electron chi connectivity index (χ2n) is 6.88. The van der Waals surface area contributed by atoms with Crippen LogP contribution >= 0.6 is 11.6 Å². The van der Waals surface area contributed by atoms with Gasteiger partial charge in [0, 0.05) is 11.6 Å². The van der Waals surface area contributed by atoms with E-state index in [1.807, 2.05) is 39.0 Å². The van der Waals surface area contributed by atoms with Crippen molar-refractivity contribution in [3.8, 4) is 11.5 Å². The standard InChI is InChI=1S/C22H28ClNO3/c1-15(2)26-19-9-7-18(8-10-19)6-5-13-24-22(25)17(4)27-20-11-12-21(23)16(3)14-20/h7-12,14-15,17H,5-6,13H2,1-4H3,(H,24,25)/t17-/m1/s1. The molecule has 0 aliphatic carbocycles. The lowest BCUT2D eigenvalue weighted by Crippen LogP contribution is -2.36. The molecule has 0 aliphatic heterocycles. The number of nitrogens with one attached hydrogen (secondary N) is 1. The van der Waals surface area contributed by atoms with Crippen LogP contribution in [0.2, 0.25) is 5.02 Å². The summed E-state index contributed by atoms with van der Waals surface area (Å²) in [6.07, 6.45) is 1.38. The van der Waals surface area contributed by atoms with Gasteiger partial charge in [-0.05, 0) is 82.0 Å². The topological polar surface area (TPSA) is 47.6 Å². The molecule has 0 heterocycles. The number of ether oxygens (including phenoxy) is 2. The molecule has 146 valence electrons. The van der Waals surface area contributed by atoms with Crippen LogP contribution in [0.25, 0.3) is 0 Å². The molecule has 2 rings (SSSR count). The highest BCUT2D eigenvalue weighted by Crippen LogP contribution is 2.22. The molecule has 1 amide bonds. The van der Waals surface area contributed by atoms with E-state index in [0.717, 1.165) is 24.2 Å². The molecule has 2 aromatic rings. The highest BCUT2D eigenvalue weighted by molar-refractivity contribution is 6.31. The first kappa shape index (κ1) is 21.1. The molecule has 27 heavy (non-hydrogen) atoms. The van der Waals surface area contributed by atoms with Crippen molar-refractivity contribution in [1.82, 2.24) is 5.32 Å². The maximum absolute atomic E-state index is 12.2. The lowest BCUT2D eigenvalue weighted by Gasteiger charge is -2.15. The van der Waals surface area contributed by atoms with Crippen LogP contribution in [-0.2, 0) is 11.2 Å². The Bertz CT molecular complexity index is 744. The van der Waals surface area contributed by atoms with Crippen LogP contribution in [0.5, 0.6) is 11.5 Å². The summed E-state index contributed by atoms with van der Waals surface area (Å²) in [6.45, 7) is 8.27. The first-order chi connectivity index (χ1) is 12.8. The largest absolute Gasteiger partial charge is 0.491 e. The van der Waals surface area contributed by atoms with Gasteiger partial charge in [0.15, 0.2) is 6.10 Å². The zero-order valence-corrected chi connectivity index (χ0v) is 17.2. The van der Waals surface area contributed by atoms with Crippen molar-refractivity contribution in [1.29, 1.82) is 0 Å². The second kappa shape index (κ2) is 10.2. The predicted octanol–water partition coefficient (Wildman–Crippen LogP) is 4.95. The zero-order chi connectivity index (χ0) is 19.8. The number of hydrogen-bond acceptors (Lipinski definition) is 3. The van der Waals surface area contributed by atoms with Crippen LogP contribution in [0.1, 0.15) is 38.3 Å². The third-order valence-electron chi connectivity index (χ3n) is 4.05. The Hall–Kier alpha value is -2.20. The highest BCUT2D eigenvalue weighted by atomic mass is 35.5. The molecular weight excluding hydrogens is 362 g/mol. The van der Waals surface area contributed by atoms with E-state index in [0.29, 0.717) is 17.3 Å². The second-order valence-corrected chi connectivity index (χ2v) is 7.28. The highest BCUT2D eigenvalue weighted by Gasteiger charge is 2.14. The maximum Gasteiger partial charge on any atom is 0.260 e. The van der Waals surface area contributed by atoms with E-state index in [2.05, 4.69) is 17.4 Å². The van der Waals surface area contributed by atoms with Gasteiger partial charge >= 0.3 is 0 Å². The maximum atomic E-state index is 12.2. The summed E-state index contributed by atoms with van der Waals surface area (Å²) in [5.41, 5.74) is 2.15. The van der Waals surface area contributed by atoms with E-state index >= 15 is 0 Å². The average Bonchev–Trinajstić information content (AvgIpc) is 2.62. The van der Waals surface area contributed by atoms with Crippen molar-refractivity contribution in [2.75, 3.05) is 6.54 Å². The van der Waals surface area contributed by atoms with Gasteiger partial charge in [0.1, 0.15) is 11.5 Å². The number of halogens is 1. The molecule has 0 saturated heterocycles. The Kier molecular flexibility index (Phi) is 7.99.